The van der Waals surface area contributed by atoms with Crippen LogP contribution < -0.4 is 11.1 Å². The molecule has 2 rings (SSSR count). The van der Waals surface area contributed by atoms with Gasteiger partial charge in [-0.05, 0) is 69.1 Å². The summed E-state index contributed by atoms with van der Waals surface area (Å²) in [6.45, 7) is 3.03. The monoisotopic (exact) mass is 279 g/mol. The summed E-state index contributed by atoms with van der Waals surface area (Å²) in [7, 11) is 0. The van der Waals surface area contributed by atoms with Gasteiger partial charge in [-0.15, -0.1) is 0 Å². The Morgan fingerprint density at radius 1 is 1.30 bits per heavy atom. The molecule has 0 spiro atoms. The highest BCUT2D eigenvalue weighted by molar-refractivity contribution is 5.92. The summed E-state index contributed by atoms with van der Waals surface area (Å²) in [5.74, 6) is 0.357. The molecule has 1 saturated heterocycles. The number of nitrogens with zero attached hydrogens (tertiary/aromatic N) is 1. The third-order valence-electron chi connectivity index (χ3n) is 3.78. The first-order chi connectivity index (χ1) is 9.67. The Balaban J connectivity index is 1.74. The van der Waals surface area contributed by atoms with Crippen molar-refractivity contribution in [3.63, 3.8) is 0 Å². The molecule has 1 heterocycles. The molecule has 1 fully saturated rings. The van der Waals surface area contributed by atoms with Gasteiger partial charge in [0.15, 0.2) is 0 Å². The summed E-state index contributed by atoms with van der Waals surface area (Å²) in [5, 5.41) is 2.79. The number of nitrogens with one attached hydrogen (secondary N) is 1. The SMILES string of the molecule is NCCC1CCN(CC(=O)Nc2ccc(F)cc2)CC1. The average Bonchev–Trinajstić information content (AvgIpc) is 2.44. The van der Waals surface area contributed by atoms with Gasteiger partial charge in [-0.25, -0.2) is 4.39 Å². The lowest BCUT2D eigenvalue weighted by Gasteiger charge is -2.31. The smallest absolute Gasteiger partial charge is 0.238 e. The minimum Gasteiger partial charge on any atom is -0.330 e. The molecule has 5 heteroatoms. The predicted octanol–water partition coefficient (Wildman–Crippen LogP) is 1.82. The van der Waals surface area contributed by atoms with Gasteiger partial charge in [0.2, 0.25) is 5.91 Å². The largest absolute Gasteiger partial charge is 0.330 e. The summed E-state index contributed by atoms with van der Waals surface area (Å²) < 4.78 is 12.8. The molecule has 0 radical (unpaired) electrons. The number of rotatable bonds is 5. The van der Waals surface area contributed by atoms with E-state index in [0.717, 1.165) is 38.9 Å². The topological polar surface area (TPSA) is 58.4 Å². The number of carbonyl (C=O) groups is 1. The van der Waals surface area contributed by atoms with Crippen LogP contribution in [0.4, 0.5) is 10.1 Å². The predicted molar refractivity (Wildman–Crippen MR) is 77.9 cm³/mol. The molecule has 4 nitrogen and oxygen atoms in total. The van der Waals surface area contributed by atoms with Gasteiger partial charge in [0, 0.05) is 5.69 Å². The first kappa shape index (κ1) is 14.9. The quantitative estimate of drug-likeness (QED) is 0.864. The van der Waals surface area contributed by atoms with Gasteiger partial charge < -0.3 is 11.1 Å². The molecule has 0 unspecified atom stereocenters. The summed E-state index contributed by atoms with van der Waals surface area (Å²) in [5.41, 5.74) is 6.20. The lowest BCUT2D eigenvalue weighted by atomic mass is 9.94. The van der Waals surface area contributed by atoms with Gasteiger partial charge in [-0.1, -0.05) is 0 Å². The second kappa shape index (κ2) is 7.36. The normalized spacial score (nSPS) is 17.1. The van der Waals surface area contributed by atoms with E-state index in [9.17, 15) is 9.18 Å². The third kappa shape index (κ3) is 4.58. The lowest BCUT2D eigenvalue weighted by molar-refractivity contribution is -0.117. The van der Waals surface area contributed by atoms with Crippen molar-refractivity contribution in [2.24, 2.45) is 11.7 Å². The summed E-state index contributed by atoms with van der Waals surface area (Å²) in [4.78, 5) is 14.1. The number of carbonyl (C=O) groups excluding carboxylic acids is 1. The molecule has 3 N–H and O–H groups in total. The van der Waals surface area contributed by atoms with Crippen molar-refractivity contribution in [3.8, 4) is 0 Å². The molecule has 1 aromatic carbocycles. The molecule has 1 aliphatic rings. The number of anilines is 1. The number of piperidine rings is 1. The number of benzene rings is 1. The standard InChI is InChI=1S/C15H22FN3O/c16-13-1-3-14(4-2-13)18-15(20)11-19-9-6-12(5-8-17)7-10-19/h1-4,12H,5-11,17H2,(H,18,20). The second-order valence-electron chi connectivity index (χ2n) is 5.35. The van der Waals surface area contributed by atoms with Crippen molar-refractivity contribution in [3.05, 3.63) is 30.1 Å². The van der Waals surface area contributed by atoms with Crippen LogP contribution in [0.5, 0.6) is 0 Å². The molecule has 1 aromatic rings. The Hall–Kier alpha value is -1.46. The maximum atomic E-state index is 12.8. The molecular weight excluding hydrogens is 257 g/mol. The van der Waals surface area contributed by atoms with Crippen LogP contribution >= 0.6 is 0 Å². The Morgan fingerprint density at radius 2 is 1.95 bits per heavy atom. The van der Waals surface area contributed by atoms with Crippen LogP contribution in [-0.2, 0) is 4.79 Å². The number of likely N-dealkylation sites (tertiary alicyclic amines) is 1. The van der Waals surface area contributed by atoms with Crippen LogP contribution in [0.15, 0.2) is 24.3 Å². The van der Waals surface area contributed by atoms with Crippen LogP contribution in [0.2, 0.25) is 0 Å². The highest BCUT2D eigenvalue weighted by Crippen LogP contribution is 2.19. The Labute approximate surface area is 119 Å². The van der Waals surface area contributed by atoms with Gasteiger partial charge in [0.1, 0.15) is 5.82 Å². The van der Waals surface area contributed by atoms with E-state index in [1.165, 1.54) is 12.1 Å². The van der Waals surface area contributed by atoms with E-state index in [0.29, 0.717) is 18.2 Å². The summed E-state index contributed by atoms with van der Waals surface area (Å²) in [6.07, 6.45) is 3.30. The first-order valence-corrected chi connectivity index (χ1v) is 7.15. The maximum Gasteiger partial charge on any atom is 0.238 e. The number of halogens is 1. The van der Waals surface area contributed by atoms with Crippen molar-refractivity contribution in [2.45, 2.75) is 19.3 Å². The summed E-state index contributed by atoms with van der Waals surface area (Å²) in [6, 6.07) is 5.82. The second-order valence-corrected chi connectivity index (χ2v) is 5.35. The Morgan fingerprint density at radius 3 is 2.55 bits per heavy atom. The highest BCUT2D eigenvalue weighted by atomic mass is 19.1. The number of nitrogens with two attached hydrogens (primary N) is 1. The van der Waals surface area contributed by atoms with Crippen LogP contribution in [0.25, 0.3) is 0 Å². The molecule has 1 amide bonds. The van der Waals surface area contributed by atoms with Crippen molar-refractivity contribution >= 4 is 11.6 Å². The fraction of sp³-hybridized carbons (Fsp3) is 0.533. The van der Waals surface area contributed by atoms with Crippen LogP contribution in [0.3, 0.4) is 0 Å². The first-order valence-electron chi connectivity index (χ1n) is 7.15. The molecule has 0 aliphatic carbocycles. The Kier molecular flexibility index (Phi) is 5.49. The van der Waals surface area contributed by atoms with Crippen LogP contribution in [-0.4, -0.2) is 37.0 Å². The molecule has 20 heavy (non-hydrogen) atoms. The van der Waals surface area contributed by atoms with Crippen LogP contribution in [0.1, 0.15) is 19.3 Å². The van der Waals surface area contributed by atoms with Gasteiger partial charge in [-0.2, -0.15) is 0 Å². The number of amides is 1. The number of hydrogen-bond donors (Lipinski definition) is 2. The zero-order valence-corrected chi connectivity index (χ0v) is 11.6. The van der Waals surface area contributed by atoms with Gasteiger partial charge in [0.25, 0.3) is 0 Å². The van der Waals surface area contributed by atoms with Gasteiger partial charge >= 0.3 is 0 Å². The van der Waals surface area contributed by atoms with Crippen molar-refractivity contribution in [2.75, 3.05) is 31.5 Å². The summed E-state index contributed by atoms with van der Waals surface area (Å²) >= 11 is 0. The molecule has 1 aliphatic heterocycles. The van der Waals surface area contributed by atoms with Gasteiger partial charge in [0.05, 0.1) is 6.54 Å². The maximum absolute atomic E-state index is 12.8. The fourth-order valence-electron chi connectivity index (χ4n) is 2.61. The molecular formula is C15H22FN3O. The van der Waals surface area contributed by atoms with Crippen molar-refractivity contribution in [1.82, 2.24) is 4.90 Å². The molecule has 0 aromatic heterocycles. The Bertz CT molecular complexity index is 427. The molecule has 0 bridgehead atoms. The van der Waals surface area contributed by atoms with Gasteiger partial charge in [-0.3, -0.25) is 9.69 Å². The third-order valence-corrected chi connectivity index (χ3v) is 3.78. The molecule has 110 valence electrons. The van der Waals surface area contributed by atoms with E-state index in [2.05, 4.69) is 10.2 Å². The zero-order chi connectivity index (χ0) is 14.4. The zero-order valence-electron chi connectivity index (χ0n) is 11.6. The van der Waals surface area contributed by atoms with E-state index >= 15 is 0 Å². The molecule has 0 atom stereocenters. The lowest BCUT2D eigenvalue weighted by Crippen LogP contribution is -2.39. The van der Waals surface area contributed by atoms with Crippen molar-refractivity contribution in [1.29, 1.82) is 0 Å². The van der Waals surface area contributed by atoms with E-state index in [-0.39, 0.29) is 11.7 Å². The van der Waals surface area contributed by atoms with E-state index in [1.54, 1.807) is 12.1 Å². The minimum atomic E-state index is -0.301. The van der Waals surface area contributed by atoms with E-state index in [4.69, 9.17) is 5.73 Å². The van der Waals surface area contributed by atoms with Crippen LogP contribution in [0, 0.1) is 11.7 Å². The highest BCUT2D eigenvalue weighted by Gasteiger charge is 2.20. The molecule has 0 saturated carbocycles. The average molecular weight is 279 g/mol. The van der Waals surface area contributed by atoms with E-state index < -0.39 is 0 Å². The minimum absolute atomic E-state index is 0.0473. The fourth-order valence-corrected chi connectivity index (χ4v) is 2.61. The van der Waals surface area contributed by atoms with E-state index in [1.807, 2.05) is 0 Å². The van der Waals surface area contributed by atoms with Crippen molar-refractivity contribution < 1.29 is 9.18 Å². The number of hydrogen-bond acceptors (Lipinski definition) is 3.